The summed E-state index contributed by atoms with van der Waals surface area (Å²) in [5, 5.41) is -0.343. The zero-order valence-corrected chi connectivity index (χ0v) is 13.8. The summed E-state index contributed by atoms with van der Waals surface area (Å²) in [6.45, 7) is 1.37. The Bertz CT molecular complexity index is 865. The Kier molecular flexibility index (Phi) is 4.50. The topological polar surface area (TPSA) is 76.6 Å². The second kappa shape index (κ2) is 6.60. The number of hydrogen-bond donors (Lipinski definition) is 0. The number of aromatic nitrogens is 1. The molecule has 0 unspecified atom stereocenters. The van der Waals surface area contributed by atoms with E-state index in [-0.39, 0.29) is 35.0 Å². The molecule has 3 rings (SSSR count). The number of halogens is 2. The standard InChI is InChI=1S/C17H12ClFN2O4/c1-2-25-17(24)14-13(19)12(18)7-9(20-14)8-21-15(22)10-5-3-4-6-11(10)16(21)23/h3-7H,2,8H2,1H3. The fourth-order valence-corrected chi connectivity index (χ4v) is 2.72. The van der Waals surface area contributed by atoms with Gasteiger partial charge in [0.1, 0.15) is 0 Å². The van der Waals surface area contributed by atoms with E-state index in [2.05, 4.69) is 4.98 Å². The summed E-state index contributed by atoms with van der Waals surface area (Å²) >= 11 is 5.80. The summed E-state index contributed by atoms with van der Waals surface area (Å²) in [6.07, 6.45) is 0. The minimum atomic E-state index is -1.01. The predicted octanol–water partition coefficient (Wildman–Crippen LogP) is 2.85. The molecule has 0 atom stereocenters. The molecular formula is C17H12ClFN2O4. The SMILES string of the molecule is CCOC(=O)c1nc(CN2C(=O)c3ccccc3C2=O)cc(Cl)c1F. The minimum absolute atomic E-state index is 0.0419. The number of benzene rings is 1. The molecule has 0 spiro atoms. The van der Waals surface area contributed by atoms with Crippen molar-refractivity contribution >= 4 is 29.4 Å². The number of fused-ring (bicyclic) bond motifs is 1. The van der Waals surface area contributed by atoms with Crippen LogP contribution in [0.15, 0.2) is 30.3 Å². The first kappa shape index (κ1) is 17.0. The number of hydrogen-bond acceptors (Lipinski definition) is 5. The Labute approximate surface area is 147 Å². The van der Waals surface area contributed by atoms with Gasteiger partial charge in [0, 0.05) is 0 Å². The fraction of sp³-hybridized carbons (Fsp3) is 0.176. The van der Waals surface area contributed by atoms with Crippen molar-refractivity contribution in [2.45, 2.75) is 13.5 Å². The van der Waals surface area contributed by atoms with Crippen LogP contribution in [-0.2, 0) is 11.3 Å². The van der Waals surface area contributed by atoms with Crippen molar-refractivity contribution in [3.8, 4) is 0 Å². The monoisotopic (exact) mass is 362 g/mol. The first-order valence-electron chi connectivity index (χ1n) is 7.41. The van der Waals surface area contributed by atoms with Crippen molar-refractivity contribution in [2.24, 2.45) is 0 Å². The highest BCUT2D eigenvalue weighted by Gasteiger charge is 2.35. The molecule has 1 aliphatic rings. The first-order chi connectivity index (χ1) is 11.9. The molecular weight excluding hydrogens is 351 g/mol. The second-order valence-corrected chi connectivity index (χ2v) is 5.63. The van der Waals surface area contributed by atoms with Crippen LogP contribution in [0.25, 0.3) is 0 Å². The third kappa shape index (κ3) is 2.98. The summed E-state index contributed by atoms with van der Waals surface area (Å²) in [5.41, 5.74) is 0.0857. The van der Waals surface area contributed by atoms with Crippen LogP contribution in [0, 0.1) is 5.82 Å². The molecule has 0 radical (unpaired) electrons. The zero-order chi connectivity index (χ0) is 18.1. The van der Waals surface area contributed by atoms with Gasteiger partial charge in [0.05, 0.1) is 35.0 Å². The van der Waals surface area contributed by atoms with Crippen molar-refractivity contribution in [3.05, 3.63) is 63.7 Å². The van der Waals surface area contributed by atoms with E-state index in [0.717, 1.165) is 4.90 Å². The maximum Gasteiger partial charge on any atom is 0.360 e. The number of pyridine rings is 1. The van der Waals surface area contributed by atoms with Crippen molar-refractivity contribution in [2.75, 3.05) is 6.61 Å². The average molecular weight is 363 g/mol. The lowest BCUT2D eigenvalue weighted by atomic mass is 10.1. The maximum atomic E-state index is 14.0. The van der Waals surface area contributed by atoms with Crippen LogP contribution < -0.4 is 0 Å². The van der Waals surface area contributed by atoms with Crippen LogP contribution in [0.1, 0.15) is 43.8 Å². The molecule has 1 aliphatic heterocycles. The third-order valence-electron chi connectivity index (χ3n) is 3.63. The molecule has 8 heteroatoms. The Balaban J connectivity index is 1.93. The molecule has 0 aliphatic carbocycles. The molecule has 128 valence electrons. The van der Waals surface area contributed by atoms with Gasteiger partial charge in [-0.15, -0.1) is 0 Å². The van der Waals surface area contributed by atoms with Crippen molar-refractivity contribution < 1.29 is 23.5 Å². The summed E-state index contributed by atoms with van der Waals surface area (Å²) < 4.78 is 18.7. The molecule has 0 fully saturated rings. The highest BCUT2D eigenvalue weighted by atomic mass is 35.5. The number of rotatable bonds is 4. The number of amides is 2. The molecule has 0 saturated carbocycles. The largest absolute Gasteiger partial charge is 0.461 e. The second-order valence-electron chi connectivity index (χ2n) is 5.22. The summed E-state index contributed by atoms with van der Waals surface area (Å²) in [4.78, 5) is 41.3. The van der Waals surface area contributed by atoms with Gasteiger partial charge in [-0.2, -0.15) is 0 Å². The van der Waals surface area contributed by atoms with Crippen molar-refractivity contribution in [1.29, 1.82) is 0 Å². The maximum absolute atomic E-state index is 14.0. The number of nitrogens with zero attached hydrogens (tertiary/aromatic N) is 2. The van der Waals surface area contributed by atoms with Gasteiger partial charge in [-0.1, -0.05) is 23.7 Å². The Morgan fingerprint density at radius 2 is 1.84 bits per heavy atom. The predicted molar refractivity (Wildman–Crippen MR) is 85.8 cm³/mol. The van der Waals surface area contributed by atoms with Crippen LogP contribution in [0.3, 0.4) is 0 Å². The smallest absolute Gasteiger partial charge is 0.360 e. The van der Waals surface area contributed by atoms with Crippen molar-refractivity contribution in [3.63, 3.8) is 0 Å². The highest BCUT2D eigenvalue weighted by molar-refractivity contribution is 6.31. The van der Waals surface area contributed by atoms with Crippen LogP contribution >= 0.6 is 11.6 Å². The third-order valence-corrected chi connectivity index (χ3v) is 3.91. The van der Waals surface area contributed by atoms with Crippen LogP contribution in [0.5, 0.6) is 0 Å². The van der Waals surface area contributed by atoms with E-state index in [1.165, 1.54) is 6.07 Å². The van der Waals surface area contributed by atoms with E-state index in [0.29, 0.717) is 0 Å². The number of carbonyl (C=O) groups is 3. The summed E-state index contributed by atoms with van der Waals surface area (Å²) in [6, 6.07) is 7.57. The molecule has 0 bridgehead atoms. The highest BCUT2D eigenvalue weighted by Crippen LogP contribution is 2.25. The molecule has 2 amide bonds. The van der Waals surface area contributed by atoms with Gasteiger partial charge in [-0.3, -0.25) is 14.5 Å². The van der Waals surface area contributed by atoms with Gasteiger partial charge in [-0.25, -0.2) is 14.2 Å². The molecule has 6 nitrogen and oxygen atoms in total. The molecule has 0 saturated heterocycles. The molecule has 2 aromatic rings. The Morgan fingerprint density at radius 3 is 2.40 bits per heavy atom. The lowest BCUT2D eigenvalue weighted by Crippen LogP contribution is -2.30. The van der Waals surface area contributed by atoms with Gasteiger partial charge in [0.2, 0.25) is 0 Å². The van der Waals surface area contributed by atoms with Crippen LogP contribution in [0.4, 0.5) is 4.39 Å². The summed E-state index contributed by atoms with van der Waals surface area (Å²) in [7, 11) is 0. The van der Waals surface area contributed by atoms with E-state index in [9.17, 15) is 18.8 Å². The minimum Gasteiger partial charge on any atom is -0.461 e. The summed E-state index contributed by atoms with van der Waals surface area (Å²) in [5.74, 6) is -2.95. The van der Waals surface area contributed by atoms with E-state index in [1.54, 1.807) is 31.2 Å². The van der Waals surface area contributed by atoms with Gasteiger partial charge in [-0.05, 0) is 25.1 Å². The average Bonchev–Trinajstić information content (AvgIpc) is 2.83. The lowest BCUT2D eigenvalue weighted by molar-refractivity contribution is 0.0513. The zero-order valence-electron chi connectivity index (χ0n) is 13.1. The normalized spacial score (nSPS) is 13.2. The Morgan fingerprint density at radius 1 is 1.24 bits per heavy atom. The molecule has 25 heavy (non-hydrogen) atoms. The molecule has 1 aromatic carbocycles. The molecule has 1 aromatic heterocycles. The molecule has 2 heterocycles. The van der Waals surface area contributed by atoms with Crippen molar-refractivity contribution in [1.82, 2.24) is 9.88 Å². The van der Waals surface area contributed by atoms with Gasteiger partial charge < -0.3 is 4.74 Å². The quantitative estimate of drug-likeness (QED) is 0.617. The lowest BCUT2D eigenvalue weighted by Gasteiger charge is -2.14. The van der Waals surface area contributed by atoms with Gasteiger partial charge in [0.25, 0.3) is 11.8 Å². The van der Waals surface area contributed by atoms with E-state index in [1.807, 2.05) is 0 Å². The van der Waals surface area contributed by atoms with E-state index in [4.69, 9.17) is 16.3 Å². The number of esters is 1. The Hall–Kier alpha value is -2.80. The van der Waals surface area contributed by atoms with Crippen LogP contribution in [-0.4, -0.2) is 34.3 Å². The van der Waals surface area contributed by atoms with E-state index < -0.39 is 29.3 Å². The first-order valence-corrected chi connectivity index (χ1v) is 7.79. The van der Waals surface area contributed by atoms with E-state index >= 15 is 0 Å². The number of carbonyl (C=O) groups excluding carboxylic acids is 3. The number of ether oxygens (including phenoxy) is 1. The van der Waals surface area contributed by atoms with Gasteiger partial charge in [0.15, 0.2) is 11.5 Å². The van der Waals surface area contributed by atoms with Crippen LogP contribution in [0.2, 0.25) is 5.02 Å². The van der Waals surface area contributed by atoms with Gasteiger partial charge >= 0.3 is 5.97 Å². The molecule has 0 N–H and O–H groups in total. The fourth-order valence-electron chi connectivity index (χ4n) is 2.51. The number of imide groups is 1.